The number of aliphatic hydroxyl groups excluding tert-OH is 2. The first-order valence-corrected chi connectivity index (χ1v) is 13.6. The van der Waals surface area contributed by atoms with Crippen molar-refractivity contribution in [3.63, 3.8) is 0 Å². The number of hydrogen-bond acceptors (Lipinski definition) is 13. The minimum absolute atomic E-state index is 0.0524. The van der Waals surface area contributed by atoms with Crippen LogP contribution in [0.4, 0.5) is 0 Å². The molecule has 1 aliphatic carbocycles. The average Bonchev–Trinajstić information content (AvgIpc) is 3.55. The summed E-state index contributed by atoms with van der Waals surface area (Å²) in [5, 5.41) is 32.6. The summed E-state index contributed by atoms with van der Waals surface area (Å²) < 4.78 is 68.5. The first-order chi connectivity index (χ1) is 21.0. The van der Waals surface area contributed by atoms with Crippen LogP contribution in [0.5, 0.6) is 28.7 Å². The Bertz CT molecular complexity index is 1440. The van der Waals surface area contributed by atoms with Crippen molar-refractivity contribution in [2.75, 3.05) is 34.2 Å². The molecule has 3 saturated heterocycles. The van der Waals surface area contributed by atoms with Crippen LogP contribution in [0, 0.1) is 11.8 Å². The van der Waals surface area contributed by atoms with Crippen molar-refractivity contribution in [3.8, 4) is 28.7 Å². The molecule has 13 heteroatoms. The fourth-order valence-electron chi connectivity index (χ4n) is 6.48. The number of benzene rings is 2. The van der Waals surface area contributed by atoms with Gasteiger partial charge in [-0.05, 0) is 47.9 Å². The molecule has 5 aliphatic rings. The second kappa shape index (κ2) is 10.4. The van der Waals surface area contributed by atoms with Gasteiger partial charge in [-0.15, -0.1) is 0 Å². The molecular formula is C29H32O13. The highest BCUT2D eigenvalue weighted by Crippen LogP contribution is 2.57. The highest BCUT2D eigenvalue weighted by Gasteiger charge is 2.56. The summed E-state index contributed by atoms with van der Waals surface area (Å²) in [6, 6.07) is 6.42. The van der Waals surface area contributed by atoms with Gasteiger partial charge in [-0.2, -0.15) is 0 Å². The molecule has 0 unspecified atom stereocenters. The molecular weight excluding hydrogens is 556 g/mol. The lowest BCUT2D eigenvalue weighted by atomic mass is 9.66. The second-order valence-corrected chi connectivity index (χ2v) is 10.8. The number of cyclic esters (lactones) is 1. The van der Waals surface area contributed by atoms with E-state index in [4.69, 9.17) is 45.4 Å². The van der Waals surface area contributed by atoms with Gasteiger partial charge in [0, 0.05) is 11.8 Å². The largest absolute Gasteiger partial charge is 0.502 e. The zero-order valence-electron chi connectivity index (χ0n) is 24.9. The number of rotatable bonds is 5. The molecule has 7 rings (SSSR count). The minimum Gasteiger partial charge on any atom is -0.502 e. The SMILES string of the molecule is [2H]C1([2H])OC(=O)[C@@H]2[C@H](c3cc(OC)c(O)c(OC)c3)c3cc4c(cc3[C@@H](O[C@@H]3O[C@@H]5CO[C@@H](C)O[C@H]5[C@H](O)[C@H]3O)[C@H]21)OCO4. The predicted octanol–water partition coefficient (Wildman–Crippen LogP) is 1.34. The van der Waals surface area contributed by atoms with E-state index in [1.165, 1.54) is 14.2 Å². The summed E-state index contributed by atoms with van der Waals surface area (Å²) in [6.07, 6.45) is -7.93. The number of phenols is 1. The Morgan fingerprint density at radius 2 is 1.64 bits per heavy atom. The lowest BCUT2D eigenvalue weighted by Gasteiger charge is -2.47. The fourth-order valence-corrected chi connectivity index (χ4v) is 6.48. The Morgan fingerprint density at radius 1 is 0.952 bits per heavy atom. The van der Waals surface area contributed by atoms with Crippen LogP contribution in [0.3, 0.4) is 0 Å². The van der Waals surface area contributed by atoms with Crippen LogP contribution in [0.15, 0.2) is 24.3 Å². The standard InChI is InChI=1S/C29H32O13/c1-11-36-9-20-27(40-11)24(31)25(32)29(41-20)42-26-14-7-17-16(38-10-39-17)6-13(14)21(22-15(26)8-37-28(22)33)12-4-18(34-2)23(30)19(5-12)35-3/h4-7,11,15,20-22,24-27,29-32H,8-10H2,1-3H3/t11-,15+,20-,21-,22+,24-,25-,26-,27-,29+/m1/s1/i8D2. The van der Waals surface area contributed by atoms with E-state index >= 15 is 0 Å². The first-order valence-electron chi connectivity index (χ1n) is 14.6. The van der Waals surface area contributed by atoms with E-state index in [-0.39, 0.29) is 30.6 Å². The van der Waals surface area contributed by atoms with Crippen LogP contribution in [-0.2, 0) is 28.5 Å². The van der Waals surface area contributed by atoms with Gasteiger partial charge in [0.05, 0.1) is 42.1 Å². The molecule has 4 heterocycles. The van der Waals surface area contributed by atoms with Crippen molar-refractivity contribution in [2.24, 2.45) is 11.8 Å². The van der Waals surface area contributed by atoms with E-state index in [1.54, 1.807) is 31.2 Å². The zero-order valence-corrected chi connectivity index (χ0v) is 22.9. The van der Waals surface area contributed by atoms with Gasteiger partial charge in [-0.25, -0.2) is 0 Å². The Hall–Kier alpha value is -3.33. The average molecular weight is 591 g/mol. The number of carbonyl (C=O) groups excluding carboxylic acids is 1. The van der Waals surface area contributed by atoms with Crippen LogP contribution >= 0.6 is 0 Å². The molecule has 0 saturated carbocycles. The molecule has 2 aromatic carbocycles. The third-order valence-electron chi connectivity index (χ3n) is 8.49. The van der Waals surface area contributed by atoms with Crippen molar-refractivity contribution in [1.29, 1.82) is 0 Å². The second-order valence-electron chi connectivity index (χ2n) is 10.8. The highest BCUT2D eigenvalue weighted by molar-refractivity contribution is 5.79. The topological polar surface area (TPSA) is 161 Å². The smallest absolute Gasteiger partial charge is 0.310 e. The number of hydrogen-bond donors (Lipinski definition) is 3. The molecule has 0 aromatic heterocycles. The lowest BCUT2D eigenvalue weighted by Crippen LogP contribution is -2.63. The van der Waals surface area contributed by atoms with Gasteiger partial charge in [0.2, 0.25) is 12.5 Å². The van der Waals surface area contributed by atoms with Gasteiger partial charge < -0.3 is 58.0 Å². The van der Waals surface area contributed by atoms with E-state index in [9.17, 15) is 20.1 Å². The Labute approximate surface area is 243 Å². The van der Waals surface area contributed by atoms with Gasteiger partial charge in [0.15, 0.2) is 35.6 Å². The molecule has 0 radical (unpaired) electrons. The van der Waals surface area contributed by atoms with Crippen LogP contribution < -0.4 is 18.9 Å². The molecule has 4 aliphatic heterocycles. The number of esters is 1. The molecule has 13 nitrogen and oxygen atoms in total. The van der Waals surface area contributed by atoms with Crippen molar-refractivity contribution < 1.29 is 65.5 Å². The molecule has 10 atom stereocenters. The van der Waals surface area contributed by atoms with Gasteiger partial charge in [-0.3, -0.25) is 4.79 Å². The maximum Gasteiger partial charge on any atom is 0.310 e. The van der Waals surface area contributed by atoms with Crippen LogP contribution in [-0.4, -0.2) is 92.5 Å². The molecule has 0 bridgehead atoms. The lowest BCUT2D eigenvalue weighted by molar-refractivity contribution is -0.364. The normalized spacial score (nSPS) is 38.4. The number of aromatic hydroxyl groups is 1. The predicted molar refractivity (Wildman–Crippen MR) is 138 cm³/mol. The van der Waals surface area contributed by atoms with E-state index in [1.807, 2.05) is 0 Å². The molecule has 0 spiro atoms. The summed E-state index contributed by atoms with van der Waals surface area (Å²) in [4.78, 5) is 13.6. The number of fused-ring (bicyclic) bond motifs is 4. The summed E-state index contributed by atoms with van der Waals surface area (Å²) in [5.41, 5.74) is 1.41. The number of ether oxygens (including phenoxy) is 9. The van der Waals surface area contributed by atoms with Gasteiger partial charge in [0.1, 0.15) is 24.4 Å². The number of aliphatic hydroxyl groups is 2. The molecule has 226 valence electrons. The van der Waals surface area contributed by atoms with Gasteiger partial charge in [0.25, 0.3) is 0 Å². The summed E-state index contributed by atoms with van der Waals surface area (Å²) >= 11 is 0. The molecule has 3 N–H and O–H groups in total. The van der Waals surface area contributed by atoms with E-state index in [2.05, 4.69) is 0 Å². The molecule has 3 fully saturated rings. The van der Waals surface area contributed by atoms with E-state index in [0.29, 0.717) is 28.2 Å². The van der Waals surface area contributed by atoms with E-state index in [0.717, 1.165) is 0 Å². The van der Waals surface area contributed by atoms with Crippen molar-refractivity contribution in [3.05, 3.63) is 41.0 Å². The fraction of sp³-hybridized carbons (Fsp3) is 0.552. The highest BCUT2D eigenvalue weighted by atomic mass is 16.8. The maximum atomic E-state index is 13.6. The summed E-state index contributed by atoms with van der Waals surface area (Å²) in [7, 11) is 2.75. The molecule has 42 heavy (non-hydrogen) atoms. The van der Waals surface area contributed by atoms with Crippen LogP contribution in [0.1, 0.15) is 38.4 Å². The van der Waals surface area contributed by atoms with Gasteiger partial charge in [-0.1, -0.05) is 0 Å². The monoisotopic (exact) mass is 590 g/mol. The Kier molecular flexibility index (Phi) is 6.26. The number of phenolic OH excluding ortho intramolecular Hbond substituents is 1. The summed E-state index contributed by atoms with van der Waals surface area (Å²) in [6.45, 7) is -0.840. The van der Waals surface area contributed by atoms with Gasteiger partial charge >= 0.3 is 5.97 Å². The Balaban J connectivity index is 1.36. The van der Waals surface area contributed by atoms with Crippen LogP contribution in [0.25, 0.3) is 0 Å². The first kappa shape index (κ1) is 25.2. The minimum atomic E-state index is -2.52. The molecule has 0 amide bonds. The van der Waals surface area contributed by atoms with Crippen molar-refractivity contribution >= 4 is 5.97 Å². The third kappa shape index (κ3) is 4.26. The quantitative estimate of drug-likeness (QED) is 0.429. The number of carbonyl (C=O) groups is 1. The van der Waals surface area contributed by atoms with E-state index < -0.39 is 73.4 Å². The number of methoxy groups -OCH3 is 2. The maximum absolute atomic E-state index is 13.6. The van der Waals surface area contributed by atoms with Crippen LogP contribution in [0.2, 0.25) is 0 Å². The summed E-state index contributed by atoms with van der Waals surface area (Å²) in [5.74, 6) is -3.38. The Morgan fingerprint density at radius 3 is 2.33 bits per heavy atom. The zero-order chi connectivity index (χ0) is 31.1. The van der Waals surface area contributed by atoms with Crippen molar-refractivity contribution in [2.45, 2.75) is 55.9 Å². The third-order valence-corrected chi connectivity index (χ3v) is 8.49. The van der Waals surface area contributed by atoms with Crippen molar-refractivity contribution in [1.82, 2.24) is 0 Å². The molecule has 2 aromatic rings.